The lowest BCUT2D eigenvalue weighted by Gasteiger charge is -2.32. The van der Waals surface area contributed by atoms with E-state index in [1.807, 2.05) is 35.2 Å². The molecule has 3 aromatic rings. The molecule has 0 spiro atoms. The van der Waals surface area contributed by atoms with Crippen LogP contribution in [0.1, 0.15) is 28.8 Å². The van der Waals surface area contributed by atoms with Gasteiger partial charge in [0.25, 0.3) is 5.91 Å². The first-order chi connectivity index (χ1) is 12.8. The van der Waals surface area contributed by atoms with Crippen molar-refractivity contribution in [3.63, 3.8) is 0 Å². The Morgan fingerprint density at radius 2 is 2.08 bits per heavy atom. The molecule has 6 heteroatoms. The lowest BCUT2D eigenvalue weighted by atomic mass is 10.1. The number of amides is 1. The van der Waals surface area contributed by atoms with Gasteiger partial charge in [0.1, 0.15) is 5.52 Å². The van der Waals surface area contributed by atoms with Crippen molar-refractivity contribution in [2.75, 3.05) is 13.1 Å². The highest BCUT2D eigenvalue weighted by Crippen LogP contribution is 2.20. The lowest BCUT2D eigenvalue weighted by molar-refractivity contribution is -0.00676. The molecule has 1 amide bonds. The smallest absolute Gasteiger partial charge is 0.256 e. The molecule has 0 radical (unpaired) electrons. The highest BCUT2D eigenvalue weighted by Gasteiger charge is 2.26. The van der Waals surface area contributed by atoms with Gasteiger partial charge in [-0.25, -0.2) is 0 Å². The third-order valence-electron chi connectivity index (χ3n) is 4.60. The minimum absolute atomic E-state index is 0.00854. The summed E-state index contributed by atoms with van der Waals surface area (Å²) in [5.74, 6) is -0.00854. The Morgan fingerprint density at radius 1 is 1.15 bits per heavy atom. The number of carbonyl (C=O) groups is 1. The molecule has 1 aromatic carbocycles. The summed E-state index contributed by atoms with van der Waals surface area (Å²) in [6, 6.07) is 9.43. The van der Waals surface area contributed by atoms with Crippen molar-refractivity contribution in [3.05, 3.63) is 66.2 Å². The maximum Gasteiger partial charge on any atom is 0.256 e. The Balaban J connectivity index is 1.46. The van der Waals surface area contributed by atoms with E-state index in [2.05, 4.69) is 15.0 Å². The number of para-hydroxylation sites is 1. The molecule has 1 aliphatic heterocycles. The number of fused-ring (bicyclic) bond motifs is 1. The summed E-state index contributed by atoms with van der Waals surface area (Å²) in [6.45, 7) is 1.85. The minimum atomic E-state index is -0.00854. The van der Waals surface area contributed by atoms with Crippen molar-refractivity contribution in [3.8, 4) is 0 Å². The quantitative estimate of drug-likeness (QED) is 0.725. The van der Waals surface area contributed by atoms with Gasteiger partial charge in [0, 0.05) is 37.9 Å². The van der Waals surface area contributed by atoms with Crippen LogP contribution in [0.15, 0.2) is 55.1 Å². The number of hydrogen-bond acceptors (Lipinski definition) is 5. The zero-order valence-corrected chi connectivity index (χ0v) is 14.4. The van der Waals surface area contributed by atoms with Crippen LogP contribution in [0.2, 0.25) is 0 Å². The molecule has 1 fully saturated rings. The molecule has 1 saturated heterocycles. The van der Waals surface area contributed by atoms with E-state index in [-0.39, 0.29) is 12.0 Å². The fourth-order valence-electron chi connectivity index (χ4n) is 3.29. The Morgan fingerprint density at radius 3 is 2.96 bits per heavy atom. The second-order valence-electron chi connectivity index (χ2n) is 6.42. The van der Waals surface area contributed by atoms with E-state index in [0.29, 0.717) is 24.2 Å². The third kappa shape index (κ3) is 3.55. The molecule has 132 valence electrons. The predicted octanol–water partition coefficient (Wildman–Crippen LogP) is 2.85. The van der Waals surface area contributed by atoms with E-state index >= 15 is 0 Å². The van der Waals surface area contributed by atoms with Crippen molar-refractivity contribution >= 4 is 16.9 Å². The zero-order valence-electron chi connectivity index (χ0n) is 14.4. The average molecular weight is 348 g/mol. The molecule has 3 heterocycles. The van der Waals surface area contributed by atoms with Crippen LogP contribution < -0.4 is 0 Å². The molecule has 0 bridgehead atoms. The Labute approximate surface area is 151 Å². The van der Waals surface area contributed by atoms with Crippen LogP contribution in [0.25, 0.3) is 11.0 Å². The second-order valence-corrected chi connectivity index (χ2v) is 6.42. The zero-order chi connectivity index (χ0) is 17.8. The number of piperidine rings is 1. The summed E-state index contributed by atoms with van der Waals surface area (Å²) in [4.78, 5) is 27.6. The van der Waals surface area contributed by atoms with Crippen LogP contribution in [0.4, 0.5) is 0 Å². The number of ether oxygens (including phenoxy) is 1. The topological polar surface area (TPSA) is 68.2 Å². The molecule has 2 aromatic heterocycles. The average Bonchev–Trinajstić information content (AvgIpc) is 2.72. The first kappa shape index (κ1) is 16.6. The molecule has 0 unspecified atom stereocenters. The molecule has 1 aliphatic rings. The highest BCUT2D eigenvalue weighted by molar-refractivity contribution is 6.04. The van der Waals surface area contributed by atoms with Gasteiger partial charge in [-0.15, -0.1) is 0 Å². The summed E-state index contributed by atoms with van der Waals surface area (Å²) in [5.41, 5.74) is 3.03. The van der Waals surface area contributed by atoms with Gasteiger partial charge in [-0.05, 0) is 36.6 Å². The molecule has 0 N–H and O–H groups in total. The van der Waals surface area contributed by atoms with E-state index < -0.39 is 0 Å². The van der Waals surface area contributed by atoms with Gasteiger partial charge in [0.2, 0.25) is 0 Å². The summed E-state index contributed by atoms with van der Waals surface area (Å²) >= 11 is 0. The predicted molar refractivity (Wildman–Crippen MR) is 97.5 cm³/mol. The fraction of sp³-hybridized carbons (Fsp3) is 0.300. The maximum absolute atomic E-state index is 13.0. The first-order valence-corrected chi connectivity index (χ1v) is 8.81. The number of pyridine rings is 1. The number of carbonyl (C=O) groups excluding carboxylic acids is 1. The van der Waals surface area contributed by atoms with E-state index in [0.717, 1.165) is 30.5 Å². The summed E-state index contributed by atoms with van der Waals surface area (Å²) in [6.07, 6.45) is 8.74. The highest BCUT2D eigenvalue weighted by atomic mass is 16.5. The number of hydrogen-bond donors (Lipinski definition) is 0. The molecule has 0 saturated carbocycles. The Hall–Kier alpha value is -2.86. The Kier molecular flexibility index (Phi) is 4.84. The lowest BCUT2D eigenvalue weighted by Crippen LogP contribution is -2.43. The van der Waals surface area contributed by atoms with Crippen LogP contribution in [-0.4, -0.2) is 45.0 Å². The van der Waals surface area contributed by atoms with Gasteiger partial charge in [-0.3, -0.25) is 19.7 Å². The van der Waals surface area contributed by atoms with Crippen LogP contribution >= 0.6 is 0 Å². The minimum Gasteiger partial charge on any atom is -0.372 e. The number of aromatic nitrogens is 3. The summed E-state index contributed by atoms with van der Waals surface area (Å²) in [5, 5.41) is 0. The Bertz CT molecular complexity index is 895. The van der Waals surface area contributed by atoms with Gasteiger partial charge >= 0.3 is 0 Å². The monoisotopic (exact) mass is 348 g/mol. The van der Waals surface area contributed by atoms with E-state index in [9.17, 15) is 4.79 Å². The maximum atomic E-state index is 13.0. The third-order valence-corrected chi connectivity index (χ3v) is 4.60. The van der Waals surface area contributed by atoms with Crippen molar-refractivity contribution in [1.82, 2.24) is 19.9 Å². The van der Waals surface area contributed by atoms with E-state index in [4.69, 9.17) is 4.74 Å². The summed E-state index contributed by atoms with van der Waals surface area (Å²) < 4.78 is 6.01. The van der Waals surface area contributed by atoms with Gasteiger partial charge < -0.3 is 9.64 Å². The van der Waals surface area contributed by atoms with Crippen LogP contribution in [0.3, 0.4) is 0 Å². The number of rotatable bonds is 4. The second kappa shape index (κ2) is 7.58. The largest absolute Gasteiger partial charge is 0.372 e. The SMILES string of the molecule is O=C(c1cccc2nccnc12)N1CCC[C@@H](OCc2cccnc2)C1. The van der Waals surface area contributed by atoms with Gasteiger partial charge in [-0.2, -0.15) is 0 Å². The van der Waals surface area contributed by atoms with Gasteiger partial charge in [-0.1, -0.05) is 12.1 Å². The molecule has 0 aliphatic carbocycles. The standard InChI is InChI=1S/C20H20N4O2/c25-20(17-6-1-7-18-19(17)23-10-9-22-18)24-11-3-5-16(13-24)26-14-15-4-2-8-21-12-15/h1-2,4,6-10,12,16H,3,5,11,13-14H2/t16-/m1/s1. The van der Waals surface area contributed by atoms with Crippen molar-refractivity contribution in [2.45, 2.75) is 25.6 Å². The molecule has 1 atom stereocenters. The van der Waals surface area contributed by atoms with Crippen molar-refractivity contribution in [1.29, 1.82) is 0 Å². The molecule has 26 heavy (non-hydrogen) atoms. The molecular formula is C20H20N4O2. The first-order valence-electron chi connectivity index (χ1n) is 8.81. The number of benzene rings is 1. The van der Waals surface area contributed by atoms with Gasteiger partial charge in [0.15, 0.2) is 0 Å². The van der Waals surface area contributed by atoms with E-state index in [1.165, 1.54) is 0 Å². The summed E-state index contributed by atoms with van der Waals surface area (Å²) in [7, 11) is 0. The van der Waals surface area contributed by atoms with Crippen LogP contribution in [-0.2, 0) is 11.3 Å². The number of likely N-dealkylation sites (tertiary alicyclic amines) is 1. The molecule has 6 nitrogen and oxygen atoms in total. The molecule has 4 rings (SSSR count). The normalized spacial score (nSPS) is 17.4. The van der Waals surface area contributed by atoms with E-state index in [1.54, 1.807) is 24.8 Å². The van der Waals surface area contributed by atoms with Crippen molar-refractivity contribution in [2.24, 2.45) is 0 Å². The fourth-order valence-corrected chi connectivity index (χ4v) is 3.29. The van der Waals surface area contributed by atoms with Crippen molar-refractivity contribution < 1.29 is 9.53 Å². The molecular weight excluding hydrogens is 328 g/mol. The van der Waals surface area contributed by atoms with Crippen LogP contribution in [0, 0.1) is 0 Å². The number of nitrogens with zero attached hydrogens (tertiary/aromatic N) is 4. The van der Waals surface area contributed by atoms with Crippen LogP contribution in [0.5, 0.6) is 0 Å². The van der Waals surface area contributed by atoms with Gasteiger partial charge in [0.05, 0.1) is 23.8 Å².